The number of carbonyl (C=O) groups excluding carboxylic acids is 2. The maximum absolute atomic E-state index is 13.9. The number of amides is 3. The van der Waals surface area contributed by atoms with Crippen LogP contribution in [0.4, 0.5) is 9.18 Å². The number of nitrogens with one attached hydrogen (secondary N) is 1. The second-order valence-electron chi connectivity index (χ2n) is 6.14. The molecule has 0 aromatic heterocycles. The number of carbonyl (C=O) groups is 2. The molecule has 1 heterocycles. The van der Waals surface area contributed by atoms with Gasteiger partial charge in [-0.25, -0.2) is 9.18 Å². The van der Waals surface area contributed by atoms with E-state index < -0.39 is 12.1 Å². The lowest BCUT2D eigenvalue weighted by molar-refractivity contribution is -0.135. The summed E-state index contributed by atoms with van der Waals surface area (Å²) in [7, 11) is 0. The number of thioether (sulfide) groups is 1. The highest BCUT2D eigenvalue weighted by Crippen LogP contribution is 2.21. The van der Waals surface area contributed by atoms with Crippen LogP contribution in [0.5, 0.6) is 0 Å². The number of rotatable bonds is 7. The highest BCUT2D eigenvalue weighted by molar-refractivity contribution is 7.98. The summed E-state index contributed by atoms with van der Waals surface area (Å²) in [5.41, 5.74) is 5.66. The third kappa shape index (κ3) is 5.75. The van der Waals surface area contributed by atoms with E-state index in [0.29, 0.717) is 49.7 Å². The lowest BCUT2D eigenvalue weighted by Crippen LogP contribution is -2.55. The van der Waals surface area contributed by atoms with Crippen molar-refractivity contribution in [3.05, 3.63) is 34.6 Å². The molecule has 1 aromatic carbocycles. The van der Waals surface area contributed by atoms with Crippen molar-refractivity contribution in [2.75, 3.05) is 38.2 Å². The summed E-state index contributed by atoms with van der Waals surface area (Å²) < 4.78 is 13.9. The Morgan fingerprint density at radius 3 is 2.62 bits per heavy atom. The van der Waals surface area contributed by atoms with Crippen LogP contribution < -0.4 is 11.1 Å². The Morgan fingerprint density at radius 2 is 2.04 bits per heavy atom. The molecule has 3 N–H and O–H groups in total. The Kier molecular flexibility index (Phi) is 7.99. The number of primary amides is 1. The number of halogens is 2. The van der Waals surface area contributed by atoms with Crippen molar-refractivity contribution in [3.63, 3.8) is 0 Å². The van der Waals surface area contributed by atoms with Crippen LogP contribution in [-0.2, 0) is 11.3 Å². The monoisotopic (exact) mass is 402 g/mol. The topological polar surface area (TPSA) is 78.7 Å². The van der Waals surface area contributed by atoms with Gasteiger partial charge in [-0.1, -0.05) is 17.7 Å². The summed E-state index contributed by atoms with van der Waals surface area (Å²) in [5, 5.41) is 2.94. The van der Waals surface area contributed by atoms with Gasteiger partial charge in [0.1, 0.15) is 11.9 Å². The average molecular weight is 403 g/mol. The molecule has 1 aliphatic rings. The number of hydrogen-bond donors (Lipinski definition) is 2. The Hall–Kier alpha value is -1.51. The third-order valence-electron chi connectivity index (χ3n) is 4.35. The fourth-order valence-corrected chi connectivity index (χ4v) is 3.61. The van der Waals surface area contributed by atoms with E-state index >= 15 is 0 Å². The maximum atomic E-state index is 13.9. The molecular formula is C17H24ClFN4O2S. The molecule has 2 rings (SSSR count). The Morgan fingerprint density at radius 1 is 1.35 bits per heavy atom. The van der Waals surface area contributed by atoms with E-state index in [1.807, 2.05) is 6.26 Å². The molecule has 0 saturated carbocycles. The summed E-state index contributed by atoms with van der Waals surface area (Å²) in [6, 6.07) is 3.35. The Bertz CT molecular complexity index is 621. The normalized spacial score (nSPS) is 16.3. The molecule has 0 aliphatic carbocycles. The fourth-order valence-electron chi connectivity index (χ4n) is 2.92. The van der Waals surface area contributed by atoms with Crippen LogP contribution in [-0.4, -0.2) is 66.0 Å². The van der Waals surface area contributed by atoms with Crippen molar-refractivity contribution in [1.29, 1.82) is 0 Å². The molecule has 144 valence electrons. The van der Waals surface area contributed by atoms with Crippen LogP contribution in [0.25, 0.3) is 0 Å². The van der Waals surface area contributed by atoms with Gasteiger partial charge in [0.25, 0.3) is 0 Å². The van der Waals surface area contributed by atoms with Gasteiger partial charge in [-0.15, -0.1) is 0 Å². The molecule has 1 aliphatic heterocycles. The van der Waals surface area contributed by atoms with Crippen molar-refractivity contribution in [2.24, 2.45) is 5.73 Å². The van der Waals surface area contributed by atoms with Gasteiger partial charge in [0.05, 0.1) is 0 Å². The van der Waals surface area contributed by atoms with Crippen LogP contribution in [0, 0.1) is 5.82 Å². The zero-order chi connectivity index (χ0) is 19.1. The van der Waals surface area contributed by atoms with Gasteiger partial charge in [-0.05, 0) is 30.6 Å². The smallest absolute Gasteiger partial charge is 0.312 e. The molecular weight excluding hydrogens is 379 g/mol. The molecule has 6 nitrogen and oxygen atoms in total. The number of piperazine rings is 1. The molecule has 0 radical (unpaired) electrons. The maximum Gasteiger partial charge on any atom is 0.312 e. The van der Waals surface area contributed by atoms with Crippen LogP contribution in [0.2, 0.25) is 5.02 Å². The predicted octanol–water partition coefficient (Wildman–Crippen LogP) is 1.91. The van der Waals surface area contributed by atoms with E-state index in [9.17, 15) is 14.0 Å². The predicted molar refractivity (Wildman–Crippen MR) is 103 cm³/mol. The summed E-state index contributed by atoms with van der Waals surface area (Å²) in [6.45, 7) is 2.66. The highest BCUT2D eigenvalue weighted by atomic mass is 35.5. The molecule has 1 atom stereocenters. The minimum Gasteiger partial charge on any atom is -0.352 e. The number of hydrogen-bond acceptors (Lipinski definition) is 4. The lowest BCUT2D eigenvalue weighted by atomic mass is 10.1. The highest BCUT2D eigenvalue weighted by Gasteiger charge is 2.28. The van der Waals surface area contributed by atoms with Crippen molar-refractivity contribution in [2.45, 2.75) is 19.0 Å². The minimum absolute atomic E-state index is 0.124. The van der Waals surface area contributed by atoms with Crippen molar-refractivity contribution in [1.82, 2.24) is 15.1 Å². The van der Waals surface area contributed by atoms with Crippen molar-refractivity contribution >= 4 is 35.3 Å². The molecule has 9 heteroatoms. The average Bonchev–Trinajstić information content (AvgIpc) is 2.61. The van der Waals surface area contributed by atoms with Gasteiger partial charge in [0.2, 0.25) is 5.91 Å². The van der Waals surface area contributed by atoms with Gasteiger partial charge >= 0.3 is 6.03 Å². The van der Waals surface area contributed by atoms with E-state index in [1.165, 1.54) is 6.07 Å². The number of nitrogens with zero attached hydrogens (tertiary/aromatic N) is 2. The van der Waals surface area contributed by atoms with E-state index in [1.54, 1.807) is 28.8 Å². The SMILES string of the molecule is CSCCC(NC(N)=O)C(=O)N1CCN(Cc2c(F)cccc2Cl)CC1. The first-order valence-corrected chi connectivity index (χ1v) is 10.2. The minimum atomic E-state index is -0.697. The van der Waals surface area contributed by atoms with Crippen LogP contribution in [0.1, 0.15) is 12.0 Å². The standard InChI is InChI=1S/C17H24ClFN4O2S/c1-26-10-5-15(21-17(20)25)16(24)23-8-6-22(7-9-23)11-12-13(18)3-2-4-14(12)19/h2-4,15H,5-11H2,1H3,(H3,20,21,25). The van der Waals surface area contributed by atoms with Gasteiger partial charge in [-0.3, -0.25) is 9.69 Å². The number of benzene rings is 1. The van der Waals surface area contributed by atoms with Crippen molar-refractivity contribution in [3.8, 4) is 0 Å². The molecule has 26 heavy (non-hydrogen) atoms. The third-order valence-corrected chi connectivity index (χ3v) is 5.35. The zero-order valence-corrected chi connectivity index (χ0v) is 16.3. The Balaban J connectivity index is 1.91. The molecule has 0 spiro atoms. The lowest BCUT2D eigenvalue weighted by Gasteiger charge is -2.36. The first-order chi connectivity index (χ1) is 12.4. The van der Waals surface area contributed by atoms with E-state index in [0.717, 1.165) is 5.75 Å². The van der Waals surface area contributed by atoms with Gasteiger partial charge in [0, 0.05) is 43.3 Å². The first kappa shape index (κ1) is 20.8. The number of urea groups is 1. The molecule has 1 unspecified atom stereocenters. The zero-order valence-electron chi connectivity index (χ0n) is 14.7. The first-order valence-electron chi connectivity index (χ1n) is 8.41. The van der Waals surface area contributed by atoms with E-state index in [-0.39, 0.29) is 11.7 Å². The summed E-state index contributed by atoms with van der Waals surface area (Å²) in [4.78, 5) is 27.6. The summed E-state index contributed by atoms with van der Waals surface area (Å²) >= 11 is 7.69. The van der Waals surface area contributed by atoms with Gasteiger partial charge in [-0.2, -0.15) is 11.8 Å². The molecule has 3 amide bonds. The van der Waals surface area contributed by atoms with Gasteiger partial charge in [0.15, 0.2) is 0 Å². The molecule has 1 saturated heterocycles. The quantitative estimate of drug-likeness (QED) is 0.730. The van der Waals surface area contributed by atoms with E-state index in [2.05, 4.69) is 10.2 Å². The molecule has 1 fully saturated rings. The summed E-state index contributed by atoms with van der Waals surface area (Å²) in [6.07, 6.45) is 2.48. The number of nitrogens with two attached hydrogens (primary N) is 1. The summed E-state index contributed by atoms with van der Waals surface area (Å²) in [5.74, 6) is 0.308. The van der Waals surface area contributed by atoms with Crippen molar-refractivity contribution < 1.29 is 14.0 Å². The fraction of sp³-hybridized carbons (Fsp3) is 0.529. The molecule has 0 bridgehead atoms. The second kappa shape index (κ2) is 9.99. The largest absolute Gasteiger partial charge is 0.352 e. The van der Waals surface area contributed by atoms with Crippen LogP contribution in [0.3, 0.4) is 0 Å². The second-order valence-corrected chi connectivity index (χ2v) is 7.54. The van der Waals surface area contributed by atoms with E-state index in [4.69, 9.17) is 17.3 Å². The van der Waals surface area contributed by atoms with Gasteiger partial charge < -0.3 is 16.0 Å². The van der Waals surface area contributed by atoms with Crippen LogP contribution in [0.15, 0.2) is 18.2 Å². The molecule has 1 aromatic rings. The van der Waals surface area contributed by atoms with Crippen LogP contribution >= 0.6 is 23.4 Å². The Labute approximate surface area is 162 Å².